The van der Waals surface area contributed by atoms with Crippen LogP contribution in [0.5, 0.6) is 6.01 Å². The topological polar surface area (TPSA) is 101 Å². The Morgan fingerprint density at radius 2 is 1.70 bits per heavy atom. The number of nitrogens with zero attached hydrogens (tertiary/aromatic N) is 2. The molecule has 2 N–H and O–H groups in total. The van der Waals surface area contributed by atoms with Crippen molar-refractivity contribution in [1.82, 2.24) is 15.3 Å². The third-order valence-corrected chi connectivity index (χ3v) is 5.29. The molecule has 0 bridgehead atoms. The van der Waals surface area contributed by atoms with Crippen molar-refractivity contribution in [3.8, 4) is 17.1 Å². The van der Waals surface area contributed by atoms with E-state index in [0.29, 0.717) is 10.6 Å². The Bertz CT molecular complexity index is 1050. The minimum absolute atomic E-state index is 0.0848. The number of nitrogens with one attached hydrogen (secondary N) is 1. The number of benzene rings is 2. The SMILES string of the molecule is CCCCC(Oc1ncc(-c2ccc(Cl)cc2)cn1)c1ccc(C(=O)NCCC(=O)O)cc1. The Labute approximate surface area is 197 Å². The number of carboxylic acid groups (broad SMARTS) is 1. The Hall–Kier alpha value is -3.45. The van der Waals surface area contributed by atoms with Crippen LogP contribution in [0.3, 0.4) is 0 Å². The zero-order valence-corrected chi connectivity index (χ0v) is 19.1. The molecule has 0 aliphatic rings. The molecule has 0 aliphatic heterocycles. The molecule has 7 nitrogen and oxygen atoms in total. The number of halogens is 1. The fourth-order valence-corrected chi connectivity index (χ4v) is 3.34. The van der Waals surface area contributed by atoms with Gasteiger partial charge in [0.15, 0.2) is 0 Å². The molecule has 33 heavy (non-hydrogen) atoms. The predicted molar refractivity (Wildman–Crippen MR) is 126 cm³/mol. The zero-order chi connectivity index (χ0) is 23.6. The summed E-state index contributed by atoms with van der Waals surface area (Å²) >= 11 is 5.95. The number of carbonyl (C=O) groups excluding carboxylic acids is 1. The van der Waals surface area contributed by atoms with Crippen molar-refractivity contribution < 1.29 is 19.4 Å². The number of carboxylic acids is 1. The highest BCUT2D eigenvalue weighted by molar-refractivity contribution is 6.30. The Balaban J connectivity index is 1.68. The summed E-state index contributed by atoms with van der Waals surface area (Å²) in [6.07, 6.45) is 5.82. The molecule has 3 aromatic rings. The van der Waals surface area contributed by atoms with Crippen molar-refractivity contribution in [2.75, 3.05) is 6.54 Å². The molecule has 1 atom stereocenters. The molecule has 0 saturated carbocycles. The summed E-state index contributed by atoms with van der Waals surface area (Å²) in [5, 5.41) is 12.0. The third kappa shape index (κ3) is 7.29. The lowest BCUT2D eigenvalue weighted by molar-refractivity contribution is -0.136. The molecule has 1 aromatic heterocycles. The van der Waals surface area contributed by atoms with Gasteiger partial charge in [-0.3, -0.25) is 9.59 Å². The lowest BCUT2D eigenvalue weighted by Crippen LogP contribution is -2.26. The van der Waals surface area contributed by atoms with Crippen molar-refractivity contribution in [2.45, 2.75) is 38.7 Å². The van der Waals surface area contributed by atoms with Crippen LogP contribution in [0, 0.1) is 0 Å². The van der Waals surface area contributed by atoms with E-state index in [1.807, 2.05) is 36.4 Å². The summed E-state index contributed by atoms with van der Waals surface area (Å²) in [5.74, 6) is -1.26. The lowest BCUT2D eigenvalue weighted by Gasteiger charge is -2.18. The molecule has 1 amide bonds. The Morgan fingerprint density at radius 3 is 2.30 bits per heavy atom. The molecular formula is C25H26ClN3O4. The summed E-state index contributed by atoms with van der Waals surface area (Å²) in [7, 11) is 0. The summed E-state index contributed by atoms with van der Waals surface area (Å²) < 4.78 is 6.10. The highest BCUT2D eigenvalue weighted by atomic mass is 35.5. The Morgan fingerprint density at radius 1 is 1.03 bits per heavy atom. The summed E-state index contributed by atoms with van der Waals surface area (Å²) in [4.78, 5) is 31.5. The van der Waals surface area contributed by atoms with Gasteiger partial charge in [0.05, 0.1) is 6.42 Å². The average Bonchev–Trinajstić information content (AvgIpc) is 2.82. The number of hydrogen-bond donors (Lipinski definition) is 2. The monoisotopic (exact) mass is 467 g/mol. The number of ether oxygens (including phenoxy) is 1. The summed E-state index contributed by atoms with van der Waals surface area (Å²) in [6.45, 7) is 2.19. The van der Waals surface area contributed by atoms with Crippen LogP contribution in [-0.4, -0.2) is 33.5 Å². The van der Waals surface area contributed by atoms with E-state index in [4.69, 9.17) is 21.4 Å². The van der Waals surface area contributed by atoms with Gasteiger partial charge in [-0.25, -0.2) is 9.97 Å². The zero-order valence-electron chi connectivity index (χ0n) is 18.3. The van der Waals surface area contributed by atoms with Crippen molar-refractivity contribution in [3.63, 3.8) is 0 Å². The Kier molecular flexibility index (Phi) is 8.78. The van der Waals surface area contributed by atoms with Crippen LogP contribution < -0.4 is 10.1 Å². The molecule has 1 heterocycles. The number of unbranched alkanes of at least 4 members (excludes halogenated alkanes) is 1. The van der Waals surface area contributed by atoms with Crippen LogP contribution in [-0.2, 0) is 4.79 Å². The molecule has 0 fully saturated rings. The van der Waals surface area contributed by atoms with Gasteiger partial charge in [-0.1, -0.05) is 49.2 Å². The molecule has 0 aliphatic carbocycles. The molecule has 0 saturated heterocycles. The molecule has 3 rings (SSSR count). The van der Waals surface area contributed by atoms with Crippen LogP contribution in [0.4, 0.5) is 0 Å². The summed E-state index contributed by atoms with van der Waals surface area (Å²) in [5.41, 5.74) is 3.20. The predicted octanol–water partition coefficient (Wildman–Crippen LogP) is 5.31. The van der Waals surface area contributed by atoms with Crippen LogP contribution >= 0.6 is 11.6 Å². The van der Waals surface area contributed by atoms with Crippen molar-refractivity contribution >= 4 is 23.5 Å². The van der Waals surface area contributed by atoms with Crippen molar-refractivity contribution in [1.29, 1.82) is 0 Å². The van der Waals surface area contributed by atoms with Gasteiger partial charge in [-0.15, -0.1) is 0 Å². The van der Waals surface area contributed by atoms with Gasteiger partial charge >= 0.3 is 12.0 Å². The van der Waals surface area contributed by atoms with Gasteiger partial charge in [0, 0.05) is 35.1 Å². The summed E-state index contributed by atoms with van der Waals surface area (Å²) in [6, 6.07) is 14.8. The lowest BCUT2D eigenvalue weighted by atomic mass is 10.0. The largest absolute Gasteiger partial charge is 0.481 e. The molecular weight excluding hydrogens is 442 g/mol. The van der Waals surface area contributed by atoms with Gasteiger partial charge in [-0.05, 0) is 48.2 Å². The van der Waals surface area contributed by atoms with E-state index < -0.39 is 5.97 Å². The molecule has 172 valence electrons. The van der Waals surface area contributed by atoms with E-state index in [9.17, 15) is 9.59 Å². The number of amides is 1. The van der Waals surface area contributed by atoms with Crippen LogP contribution in [0.1, 0.15) is 54.6 Å². The van der Waals surface area contributed by atoms with Gasteiger partial charge in [0.25, 0.3) is 5.91 Å². The van der Waals surface area contributed by atoms with Crippen molar-refractivity contribution in [3.05, 3.63) is 77.1 Å². The first-order valence-corrected chi connectivity index (χ1v) is 11.2. The second kappa shape index (κ2) is 12.0. The van der Waals surface area contributed by atoms with Crippen LogP contribution in [0.15, 0.2) is 60.9 Å². The quantitative estimate of drug-likeness (QED) is 0.396. The highest BCUT2D eigenvalue weighted by Crippen LogP contribution is 2.26. The number of hydrogen-bond acceptors (Lipinski definition) is 5. The van der Waals surface area contributed by atoms with Gasteiger partial charge in [-0.2, -0.15) is 0 Å². The standard InChI is InChI=1S/C25H26ClN3O4/c1-2-3-4-22(18-5-7-19(8-6-18)24(32)27-14-13-23(30)31)33-25-28-15-20(16-29-25)17-9-11-21(26)12-10-17/h5-12,15-16,22H,2-4,13-14H2,1H3,(H,27,32)(H,30,31). The minimum Gasteiger partial charge on any atom is -0.481 e. The van der Waals surface area contributed by atoms with Crippen LogP contribution in [0.25, 0.3) is 11.1 Å². The van der Waals surface area contributed by atoms with E-state index in [1.165, 1.54) is 0 Å². The number of aromatic nitrogens is 2. The van der Waals surface area contributed by atoms with Crippen LogP contribution in [0.2, 0.25) is 5.02 Å². The van der Waals surface area contributed by atoms with Gasteiger partial charge in [0.2, 0.25) is 0 Å². The van der Waals surface area contributed by atoms with E-state index in [0.717, 1.165) is 36.0 Å². The van der Waals surface area contributed by atoms with Gasteiger partial charge in [0.1, 0.15) is 6.10 Å². The maximum Gasteiger partial charge on any atom is 0.316 e. The number of rotatable bonds is 11. The molecule has 0 radical (unpaired) electrons. The fraction of sp³-hybridized carbons (Fsp3) is 0.280. The van der Waals surface area contributed by atoms with Crippen molar-refractivity contribution in [2.24, 2.45) is 0 Å². The average molecular weight is 468 g/mol. The maximum absolute atomic E-state index is 12.2. The first-order chi connectivity index (χ1) is 16.0. The van der Waals surface area contributed by atoms with E-state index in [-0.39, 0.29) is 31.0 Å². The second-order valence-corrected chi connectivity index (χ2v) is 7.97. The number of carbonyl (C=O) groups is 2. The normalized spacial score (nSPS) is 11.6. The second-order valence-electron chi connectivity index (χ2n) is 7.53. The highest BCUT2D eigenvalue weighted by Gasteiger charge is 2.16. The minimum atomic E-state index is -0.954. The smallest absolute Gasteiger partial charge is 0.316 e. The molecule has 0 spiro atoms. The van der Waals surface area contributed by atoms with E-state index in [2.05, 4.69) is 22.2 Å². The maximum atomic E-state index is 12.2. The van der Waals surface area contributed by atoms with Gasteiger partial charge < -0.3 is 15.2 Å². The fourth-order valence-electron chi connectivity index (χ4n) is 3.21. The third-order valence-electron chi connectivity index (χ3n) is 5.04. The number of aliphatic carboxylic acids is 1. The first kappa shape index (κ1) is 24.2. The molecule has 1 unspecified atom stereocenters. The molecule has 2 aromatic carbocycles. The molecule has 8 heteroatoms. The van der Waals surface area contributed by atoms with E-state index in [1.54, 1.807) is 24.5 Å². The van der Waals surface area contributed by atoms with E-state index >= 15 is 0 Å². The first-order valence-electron chi connectivity index (χ1n) is 10.8.